The number of nitro benzene ring substituents is 1. The molecule has 204 valence electrons. The number of benzene rings is 3. The van der Waals surface area contributed by atoms with Crippen LogP contribution in [0, 0.1) is 10.1 Å². The summed E-state index contributed by atoms with van der Waals surface area (Å²) < 4.78 is 11.1. The first kappa shape index (κ1) is 26.2. The Kier molecular flexibility index (Phi) is 7.25. The summed E-state index contributed by atoms with van der Waals surface area (Å²) in [7, 11) is 1.48. The van der Waals surface area contributed by atoms with Gasteiger partial charge in [0, 0.05) is 43.6 Å². The number of hydroxylamine groups is 2. The zero-order valence-corrected chi connectivity index (χ0v) is 21.8. The van der Waals surface area contributed by atoms with Crippen LogP contribution in [0.25, 0.3) is 10.8 Å². The maximum Gasteiger partial charge on any atom is 0.426 e. The monoisotopic (exact) mass is 534 g/mol. The van der Waals surface area contributed by atoms with Crippen LogP contribution in [0.2, 0.25) is 0 Å². The fraction of sp³-hybridized carbons (Fsp3) is 0.357. The van der Waals surface area contributed by atoms with E-state index in [1.807, 2.05) is 49.4 Å². The molecule has 1 atom stereocenters. The van der Waals surface area contributed by atoms with E-state index in [0.29, 0.717) is 43.8 Å². The zero-order chi connectivity index (χ0) is 27.6. The van der Waals surface area contributed by atoms with Crippen molar-refractivity contribution in [2.75, 3.05) is 26.7 Å². The first-order chi connectivity index (χ1) is 18.8. The molecule has 2 aliphatic rings. The number of hydrogen-bond donors (Lipinski definition) is 1. The lowest BCUT2D eigenvalue weighted by atomic mass is 9.92. The number of carbonyl (C=O) groups is 2. The minimum absolute atomic E-state index is 0.0772. The van der Waals surface area contributed by atoms with Crippen molar-refractivity contribution in [2.45, 2.75) is 38.0 Å². The van der Waals surface area contributed by atoms with Gasteiger partial charge in [0.2, 0.25) is 0 Å². The molecule has 0 aromatic heterocycles. The average Bonchev–Trinajstić information content (AvgIpc) is 3.23. The molecule has 1 spiro atoms. The number of hydrogen-bond acceptors (Lipinski definition) is 8. The maximum absolute atomic E-state index is 12.7. The molecule has 11 nitrogen and oxygen atoms in total. The Bertz CT molecular complexity index is 1400. The van der Waals surface area contributed by atoms with Crippen LogP contribution in [0.1, 0.15) is 36.9 Å². The predicted molar refractivity (Wildman–Crippen MR) is 142 cm³/mol. The van der Waals surface area contributed by atoms with E-state index in [0.717, 1.165) is 16.3 Å². The molecule has 1 unspecified atom stereocenters. The van der Waals surface area contributed by atoms with Crippen LogP contribution >= 0.6 is 0 Å². The molecular weight excluding hydrogens is 504 g/mol. The van der Waals surface area contributed by atoms with Crippen LogP contribution < -0.4 is 10.1 Å². The van der Waals surface area contributed by atoms with E-state index in [1.165, 1.54) is 30.2 Å². The van der Waals surface area contributed by atoms with Crippen molar-refractivity contribution in [3.05, 3.63) is 81.9 Å². The lowest BCUT2D eigenvalue weighted by Crippen LogP contribution is -2.48. The van der Waals surface area contributed by atoms with Crippen LogP contribution in [0.3, 0.4) is 0 Å². The first-order valence-corrected chi connectivity index (χ1v) is 12.8. The Morgan fingerprint density at radius 1 is 1.15 bits per heavy atom. The molecule has 2 aliphatic heterocycles. The van der Waals surface area contributed by atoms with Gasteiger partial charge in [0.25, 0.3) is 5.69 Å². The smallest absolute Gasteiger partial charge is 0.426 e. The van der Waals surface area contributed by atoms with Gasteiger partial charge in [0.05, 0.1) is 31.2 Å². The van der Waals surface area contributed by atoms with E-state index >= 15 is 0 Å². The highest BCUT2D eigenvalue weighted by Gasteiger charge is 2.47. The van der Waals surface area contributed by atoms with E-state index in [4.69, 9.17) is 14.3 Å². The van der Waals surface area contributed by atoms with Crippen LogP contribution in [-0.2, 0) is 16.1 Å². The van der Waals surface area contributed by atoms with Gasteiger partial charge in [-0.2, -0.15) is 0 Å². The SMILES string of the molecule is COc1ccc([N+](=O)[O-])cc1CN1CC2(CCN(OC(=O)NC(C)c3cccc4ccccc34)CC2)OC1=O. The fourth-order valence-corrected chi connectivity index (χ4v) is 5.29. The van der Waals surface area contributed by atoms with Crippen LogP contribution in [-0.4, -0.2) is 59.4 Å². The van der Waals surface area contributed by atoms with Gasteiger partial charge in [0.1, 0.15) is 11.4 Å². The molecule has 3 aromatic rings. The Hall–Kier alpha value is -4.38. The third-order valence-corrected chi connectivity index (χ3v) is 7.35. The van der Waals surface area contributed by atoms with E-state index < -0.39 is 22.7 Å². The van der Waals surface area contributed by atoms with Crippen molar-refractivity contribution < 1.29 is 28.8 Å². The summed E-state index contributed by atoms with van der Waals surface area (Å²) in [4.78, 5) is 43.2. The van der Waals surface area contributed by atoms with Crippen molar-refractivity contribution in [1.82, 2.24) is 15.3 Å². The highest BCUT2D eigenvalue weighted by atomic mass is 16.7. The van der Waals surface area contributed by atoms with Gasteiger partial charge in [-0.1, -0.05) is 42.5 Å². The lowest BCUT2D eigenvalue weighted by molar-refractivity contribution is -0.384. The summed E-state index contributed by atoms with van der Waals surface area (Å²) in [5.74, 6) is 0.460. The van der Waals surface area contributed by atoms with Crippen molar-refractivity contribution in [3.8, 4) is 5.75 Å². The van der Waals surface area contributed by atoms with Crippen molar-refractivity contribution >= 4 is 28.6 Å². The largest absolute Gasteiger partial charge is 0.496 e. The number of ether oxygens (including phenoxy) is 2. The zero-order valence-electron chi connectivity index (χ0n) is 21.8. The molecule has 2 fully saturated rings. The van der Waals surface area contributed by atoms with Gasteiger partial charge in [-0.15, -0.1) is 5.06 Å². The van der Waals surface area contributed by atoms with Crippen molar-refractivity contribution in [3.63, 3.8) is 0 Å². The highest BCUT2D eigenvalue weighted by molar-refractivity contribution is 5.86. The Morgan fingerprint density at radius 2 is 1.90 bits per heavy atom. The molecule has 0 saturated carbocycles. The molecule has 3 aromatic carbocycles. The van der Waals surface area contributed by atoms with Crippen molar-refractivity contribution in [2.24, 2.45) is 0 Å². The Balaban J connectivity index is 1.16. The summed E-state index contributed by atoms with van der Waals surface area (Å²) in [5.41, 5.74) is 0.739. The molecule has 11 heteroatoms. The van der Waals surface area contributed by atoms with E-state index in [-0.39, 0.29) is 18.3 Å². The third-order valence-electron chi connectivity index (χ3n) is 7.35. The van der Waals surface area contributed by atoms with E-state index in [9.17, 15) is 19.7 Å². The number of rotatable bonds is 7. The topological polar surface area (TPSA) is 123 Å². The number of carbonyl (C=O) groups excluding carboxylic acids is 2. The summed E-state index contributed by atoms with van der Waals surface area (Å²) in [5, 5.41) is 17.9. The summed E-state index contributed by atoms with van der Waals surface area (Å²) in [6.45, 7) is 3.17. The second-order valence-corrected chi connectivity index (χ2v) is 9.90. The number of fused-ring (bicyclic) bond motifs is 1. The Labute approximate surface area is 225 Å². The van der Waals surface area contributed by atoms with Crippen molar-refractivity contribution in [1.29, 1.82) is 0 Å². The number of non-ortho nitro benzene ring substituents is 1. The highest BCUT2D eigenvalue weighted by Crippen LogP contribution is 2.35. The minimum Gasteiger partial charge on any atom is -0.496 e. The normalized spacial score (nSPS) is 17.6. The fourth-order valence-electron chi connectivity index (χ4n) is 5.29. The number of piperidine rings is 1. The first-order valence-electron chi connectivity index (χ1n) is 12.8. The maximum atomic E-state index is 12.7. The predicted octanol–water partition coefficient (Wildman–Crippen LogP) is 4.95. The van der Waals surface area contributed by atoms with Gasteiger partial charge in [-0.05, 0) is 29.3 Å². The molecule has 2 amide bonds. The van der Waals surface area contributed by atoms with Gasteiger partial charge in [-0.25, -0.2) is 9.59 Å². The second-order valence-electron chi connectivity index (χ2n) is 9.90. The number of nitrogens with one attached hydrogen (secondary N) is 1. The number of amides is 2. The minimum atomic E-state index is -0.711. The average molecular weight is 535 g/mol. The third kappa shape index (κ3) is 5.58. The number of methoxy groups -OCH3 is 1. The van der Waals surface area contributed by atoms with E-state index in [2.05, 4.69) is 5.32 Å². The van der Waals surface area contributed by atoms with Gasteiger partial charge in [0.15, 0.2) is 0 Å². The molecule has 2 heterocycles. The van der Waals surface area contributed by atoms with Crippen LogP contribution in [0.4, 0.5) is 15.3 Å². The molecule has 0 aliphatic carbocycles. The van der Waals surface area contributed by atoms with Gasteiger partial charge < -0.3 is 19.6 Å². The molecule has 5 rings (SSSR count). The summed E-state index contributed by atoms with van der Waals surface area (Å²) >= 11 is 0. The van der Waals surface area contributed by atoms with Gasteiger partial charge in [-0.3, -0.25) is 15.0 Å². The van der Waals surface area contributed by atoms with E-state index in [1.54, 1.807) is 5.06 Å². The Morgan fingerprint density at radius 3 is 2.64 bits per heavy atom. The molecule has 39 heavy (non-hydrogen) atoms. The number of nitro groups is 1. The van der Waals surface area contributed by atoms with Crippen LogP contribution in [0.15, 0.2) is 60.7 Å². The number of nitrogens with zero attached hydrogens (tertiary/aromatic N) is 3. The standard InChI is InChI=1S/C28H30N4O7/c1-19(23-9-5-7-20-6-3-4-8-24(20)23)29-26(33)39-31-14-12-28(13-15-31)18-30(27(34)38-28)17-21-16-22(32(35)36)10-11-25(21)37-2/h3-11,16,19H,12-15,17-18H2,1-2H3,(H,29,33). The molecule has 1 N–H and O–H groups in total. The second kappa shape index (κ2) is 10.8. The van der Waals surface area contributed by atoms with Gasteiger partial charge >= 0.3 is 12.2 Å². The summed E-state index contributed by atoms with van der Waals surface area (Å²) in [6, 6.07) is 18.0. The molecular formula is C28H30N4O7. The lowest BCUT2D eigenvalue weighted by Gasteiger charge is -2.36. The molecule has 2 saturated heterocycles. The summed E-state index contributed by atoms with van der Waals surface area (Å²) in [6.07, 6.45) is -0.0743. The molecule has 0 radical (unpaired) electrons. The quantitative estimate of drug-likeness (QED) is 0.334. The van der Waals surface area contributed by atoms with Crippen LogP contribution in [0.5, 0.6) is 5.75 Å². The molecule has 0 bridgehead atoms.